The van der Waals surface area contributed by atoms with Crippen LogP contribution in [0.2, 0.25) is 0 Å². The first-order valence-corrected chi connectivity index (χ1v) is 15.7. The number of benzene rings is 1. The lowest BCUT2D eigenvalue weighted by atomic mass is 9.97. The average Bonchev–Trinajstić information content (AvgIpc) is 3.30. The highest BCUT2D eigenvalue weighted by atomic mass is 32.2. The molecule has 0 spiro atoms. The maximum Gasteiger partial charge on any atom is 0.416 e. The summed E-state index contributed by atoms with van der Waals surface area (Å²) < 4.78 is 89.9. The molecule has 3 heterocycles. The van der Waals surface area contributed by atoms with Crippen LogP contribution in [0.5, 0.6) is 0 Å². The lowest BCUT2D eigenvalue weighted by molar-refractivity contribution is -0.142. The molecule has 1 aromatic rings. The number of hydrogen-bond donors (Lipinski definition) is 1. The molecule has 0 radical (unpaired) electrons. The van der Waals surface area contributed by atoms with Crippen molar-refractivity contribution in [2.24, 2.45) is 5.92 Å². The molecule has 3 fully saturated rings. The van der Waals surface area contributed by atoms with Gasteiger partial charge in [-0.05, 0) is 43.4 Å². The fourth-order valence-corrected chi connectivity index (χ4v) is 7.91. The van der Waals surface area contributed by atoms with E-state index in [-0.39, 0.29) is 38.6 Å². The summed E-state index contributed by atoms with van der Waals surface area (Å²) in [5, 5.41) is 1.96. The Labute approximate surface area is 220 Å². The zero-order chi connectivity index (χ0) is 27.9. The zero-order valence-corrected chi connectivity index (χ0v) is 22.5. The van der Waals surface area contributed by atoms with E-state index in [1.54, 1.807) is 0 Å². The van der Waals surface area contributed by atoms with Crippen LogP contribution in [0.3, 0.4) is 0 Å². The molecule has 0 saturated carbocycles. The van der Waals surface area contributed by atoms with Crippen LogP contribution in [0.15, 0.2) is 24.3 Å². The average molecular weight is 581 g/mol. The van der Waals surface area contributed by atoms with E-state index in [1.807, 2.05) is 0 Å². The van der Waals surface area contributed by atoms with Gasteiger partial charge >= 0.3 is 6.18 Å². The van der Waals surface area contributed by atoms with E-state index in [0.717, 1.165) is 22.7 Å². The van der Waals surface area contributed by atoms with E-state index in [2.05, 4.69) is 5.32 Å². The van der Waals surface area contributed by atoms with E-state index in [9.17, 15) is 39.6 Å². The van der Waals surface area contributed by atoms with Crippen LogP contribution in [-0.2, 0) is 42.4 Å². The highest BCUT2D eigenvalue weighted by Gasteiger charge is 2.46. The van der Waals surface area contributed by atoms with E-state index in [0.29, 0.717) is 37.8 Å². The van der Waals surface area contributed by atoms with E-state index < -0.39 is 54.9 Å². The summed E-state index contributed by atoms with van der Waals surface area (Å²) in [4.78, 5) is 27.7. The van der Waals surface area contributed by atoms with Crippen LogP contribution in [0.4, 0.5) is 13.2 Å². The number of rotatable bonds is 7. The number of hydrogen-bond acceptors (Lipinski definition) is 6. The predicted octanol–water partition coefficient (Wildman–Crippen LogP) is 0.998. The number of amides is 2. The largest absolute Gasteiger partial charge is 0.416 e. The second-order valence-electron chi connectivity index (χ2n) is 10.1. The van der Waals surface area contributed by atoms with Gasteiger partial charge in [0.05, 0.1) is 16.7 Å². The minimum Gasteiger partial charge on any atom is -0.350 e. The summed E-state index contributed by atoms with van der Waals surface area (Å²) in [5.41, 5.74) is -0.299. The number of halogens is 3. The van der Waals surface area contributed by atoms with Gasteiger partial charge in [0.2, 0.25) is 11.8 Å². The highest BCUT2D eigenvalue weighted by molar-refractivity contribution is 7.91. The molecular formula is C23H31F3N4O6S2. The quantitative estimate of drug-likeness (QED) is 0.513. The minimum absolute atomic E-state index is 0.00919. The molecule has 2 atom stereocenters. The molecule has 1 aromatic carbocycles. The molecule has 38 heavy (non-hydrogen) atoms. The monoisotopic (exact) mass is 580 g/mol. The maximum absolute atomic E-state index is 13.4. The predicted molar refractivity (Wildman–Crippen MR) is 131 cm³/mol. The Kier molecular flexibility index (Phi) is 8.13. The van der Waals surface area contributed by atoms with Gasteiger partial charge in [0.15, 0.2) is 9.84 Å². The van der Waals surface area contributed by atoms with Gasteiger partial charge in [-0.15, -0.1) is 0 Å². The molecule has 1 N–H and O–H groups in total. The molecule has 0 bridgehead atoms. The van der Waals surface area contributed by atoms with E-state index in [1.165, 1.54) is 21.3 Å². The lowest BCUT2D eigenvalue weighted by Crippen LogP contribution is -2.61. The van der Waals surface area contributed by atoms with Gasteiger partial charge in [-0.3, -0.25) is 9.59 Å². The number of carbonyl (C=O) groups excluding carboxylic acids is 2. The number of nitrogens with one attached hydrogen (secondary N) is 1. The van der Waals surface area contributed by atoms with Crippen molar-refractivity contribution < 1.29 is 39.6 Å². The highest BCUT2D eigenvalue weighted by Crippen LogP contribution is 2.30. The van der Waals surface area contributed by atoms with Crippen molar-refractivity contribution >= 4 is 31.9 Å². The van der Waals surface area contributed by atoms with Gasteiger partial charge in [0, 0.05) is 45.5 Å². The molecule has 10 nitrogen and oxygen atoms in total. The normalized spacial score (nSPS) is 24.3. The van der Waals surface area contributed by atoms with Crippen molar-refractivity contribution in [3.05, 3.63) is 35.4 Å². The Morgan fingerprint density at radius 2 is 1.58 bits per heavy atom. The van der Waals surface area contributed by atoms with Crippen molar-refractivity contribution in [3.8, 4) is 0 Å². The fourth-order valence-electron chi connectivity index (χ4n) is 5.03. The van der Waals surface area contributed by atoms with Crippen LogP contribution in [0, 0.1) is 5.92 Å². The van der Waals surface area contributed by atoms with Crippen molar-refractivity contribution in [2.45, 2.75) is 49.7 Å². The van der Waals surface area contributed by atoms with Crippen molar-refractivity contribution in [1.29, 1.82) is 0 Å². The summed E-state index contributed by atoms with van der Waals surface area (Å²) in [5.74, 6) is -1.35. The van der Waals surface area contributed by atoms with E-state index in [4.69, 9.17) is 0 Å². The summed E-state index contributed by atoms with van der Waals surface area (Å²) in [6.45, 7) is 0.325. The molecule has 4 rings (SSSR count). The van der Waals surface area contributed by atoms with Crippen LogP contribution < -0.4 is 5.32 Å². The van der Waals surface area contributed by atoms with E-state index >= 15 is 0 Å². The molecule has 0 aromatic heterocycles. The molecule has 15 heteroatoms. The molecule has 3 aliphatic rings. The molecule has 3 saturated heterocycles. The third kappa shape index (κ3) is 6.15. The second-order valence-corrected chi connectivity index (χ2v) is 14.3. The van der Waals surface area contributed by atoms with Crippen LogP contribution in [0.1, 0.15) is 36.8 Å². The third-order valence-corrected chi connectivity index (χ3v) is 10.8. The summed E-state index contributed by atoms with van der Waals surface area (Å²) in [6, 6.07) is 3.71. The Hall–Kier alpha value is -2.23. The smallest absolute Gasteiger partial charge is 0.350 e. The second kappa shape index (κ2) is 10.7. The van der Waals surface area contributed by atoms with Crippen molar-refractivity contribution in [1.82, 2.24) is 18.8 Å². The standard InChI is InChI=1S/C23H31F3N4O6S2/c1-37(33,34)19-14-29(15-19)38(35,36)28-10-2-4-17(13-28)22(32)30-11-3-5-20(30)21(31)27-12-16-6-8-18(9-7-16)23(24,25)26/h6-9,17,19-20H,2-5,10-15H2,1H3,(H,27,31)/t17-,20+/m0/s1. The number of piperidine rings is 1. The number of alkyl halides is 3. The van der Waals surface area contributed by atoms with Gasteiger partial charge < -0.3 is 10.2 Å². The van der Waals surface area contributed by atoms with Crippen molar-refractivity contribution in [2.75, 3.05) is 39.0 Å². The molecule has 3 aliphatic heterocycles. The lowest BCUT2D eigenvalue weighted by Gasteiger charge is -2.42. The topological polar surface area (TPSA) is 124 Å². The molecule has 2 amide bonds. The third-order valence-electron chi connectivity index (χ3n) is 7.39. The number of carbonyl (C=O) groups is 2. The Morgan fingerprint density at radius 3 is 2.18 bits per heavy atom. The number of likely N-dealkylation sites (tertiary alicyclic amines) is 1. The molecular weight excluding hydrogens is 549 g/mol. The Balaban J connectivity index is 1.34. The molecule has 0 aliphatic carbocycles. The van der Waals surface area contributed by atoms with Gasteiger partial charge in [-0.25, -0.2) is 8.42 Å². The van der Waals surface area contributed by atoms with Crippen LogP contribution in [0.25, 0.3) is 0 Å². The first-order valence-electron chi connectivity index (χ1n) is 12.4. The van der Waals surface area contributed by atoms with Crippen LogP contribution >= 0.6 is 0 Å². The minimum atomic E-state index is -4.45. The van der Waals surface area contributed by atoms with Gasteiger partial charge in [0.1, 0.15) is 6.04 Å². The fraction of sp³-hybridized carbons (Fsp3) is 0.652. The zero-order valence-electron chi connectivity index (χ0n) is 20.9. The van der Waals surface area contributed by atoms with Gasteiger partial charge in [-0.2, -0.15) is 30.2 Å². The number of nitrogens with zero attached hydrogens (tertiary/aromatic N) is 3. The first-order chi connectivity index (χ1) is 17.7. The number of sulfone groups is 1. The van der Waals surface area contributed by atoms with Gasteiger partial charge in [-0.1, -0.05) is 12.1 Å². The van der Waals surface area contributed by atoms with Crippen LogP contribution in [-0.4, -0.2) is 92.4 Å². The first kappa shape index (κ1) is 28.8. The Morgan fingerprint density at radius 1 is 0.947 bits per heavy atom. The molecule has 212 valence electrons. The molecule has 0 unspecified atom stereocenters. The van der Waals surface area contributed by atoms with Gasteiger partial charge in [0.25, 0.3) is 10.2 Å². The Bertz CT molecular complexity index is 1260. The summed E-state index contributed by atoms with van der Waals surface area (Å²) in [6.07, 6.45) is -1.43. The summed E-state index contributed by atoms with van der Waals surface area (Å²) in [7, 11) is -7.25. The summed E-state index contributed by atoms with van der Waals surface area (Å²) >= 11 is 0. The van der Waals surface area contributed by atoms with Crippen molar-refractivity contribution in [3.63, 3.8) is 0 Å². The maximum atomic E-state index is 13.4. The SMILES string of the molecule is CS(=O)(=O)C1CN(S(=O)(=O)N2CCC[C@H](C(=O)N3CCC[C@@H]3C(=O)NCc3ccc(C(F)(F)F)cc3)C2)C1.